The first kappa shape index (κ1) is 18.8. The zero-order chi connectivity index (χ0) is 21.5. The summed E-state index contributed by atoms with van der Waals surface area (Å²) in [6, 6.07) is 37.4. The zero-order valence-electron chi connectivity index (χ0n) is 17.1. The molecule has 152 valence electrons. The van der Waals surface area contributed by atoms with Crippen LogP contribution in [0.2, 0.25) is 5.28 Å². The van der Waals surface area contributed by atoms with Gasteiger partial charge < -0.3 is 4.57 Å². The van der Waals surface area contributed by atoms with Gasteiger partial charge in [0, 0.05) is 27.6 Å². The largest absolute Gasteiger partial charge is 0.309 e. The lowest BCUT2D eigenvalue weighted by Gasteiger charge is -2.08. The minimum absolute atomic E-state index is 0.244. The first-order valence-electron chi connectivity index (χ1n) is 10.5. The maximum Gasteiger partial charge on any atom is 0.223 e. The fourth-order valence-corrected chi connectivity index (χ4v) is 4.49. The molecule has 0 N–H and O–H groups in total. The molecule has 0 bridgehead atoms. The number of hydrogen-bond acceptors (Lipinski definition) is 2. The first-order valence-corrected chi connectivity index (χ1v) is 10.8. The highest BCUT2D eigenvalue weighted by atomic mass is 35.5. The van der Waals surface area contributed by atoms with Gasteiger partial charge in [0.1, 0.15) is 0 Å². The van der Waals surface area contributed by atoms with E-state index < -0.39 is 0 Å². The number of nitrogens with zero attached hydrogens (tertiary/aromatic N) is 3. The first-order chi connectivity index (χ1) is 15.8. The van der Waals surface area contributed by atoms with E-state index in [0.717, 1.165) is 33.7 Å². The molecule has 32 heavy (non-hydrogen) atoms. The Morgan fingerprint density at radius 1 is 0.531 bits per heavy atom. The molecule has 4 heteroatoms. The fourth-order valence-electron chi connectivity index (χ4n) is 4.31. The molecule has 0 fully saturated rings. The molecule has 0 spiro atoms. The SMILES string of the molecule is Clc1nc(-c2ccccc2)cc(-c2ccc3c(c2)c2ccccc2n3-c2ccccc2)n1. The van der Waals surface area contributed by atoms with Gasteiger partial charge in [0.25, 0.3) is 0 Å². The maximum absolute atomic E-state index is 6.32. The molecule has 0 atom stereocenters. The van der Waals surface area contributed by atoms with Crippen molar-refractivity contribution >= 4 is 33.4 Å². The van der Waals surface area contributed by atoms with Crippen molar-refractivity contribution in [2.45, 2.75) is 0 Å². The van der Waals surface area contributed by atoms with Crippen LogP contribution >= 0.6 is 11.6 Å². The van der Waals surface area contributed by atoms with E-state index in [0.29, 0.717) is 0 Å². The molecule has 2 heterocycles. The van der Waals surface area contributed by atoms with Crippen LogP contribution < -0.4 is 0 Å². The standard InChI is InChI=1S/C28H18ClN3/c29-28-30-24(19-9-3-1-4-10-19)18-25(31-28)20-15-16-27-23(17-20)22-13-7-8-14-26(22)32(27)21-11-5-2-6-12-21/h1-18H. The Hall–Kier alpha value is -3.95. The monoisotopic (exact) mass is 431 g/mol. The van der Waals surface area contributed by atoms with Crippen molar-refractivity contribution in [1.82, 2.24) is 14.5 Å². The summed E-state index contributed by atoms with van der Waals surface area (Å²) >= 11 is 6.32. The minimum Gasteiger partial charge on any atom is -0.309 e. The molecule has 0 amide bonds. The van der Waals surface area contributed by atoms with Crippen LogP contribution in [0.1, 0.15) is 0 Å². The highest BCUT2D eigenvalue weighted by Gasteiger charge is 2.14. The van der Waals surface area contributed by atoms with Crippen LogP contribution in [0.4, 0.5) is 0 Å². The summed E-state index contributed by atoms with van der Waals surface area (Å²) in [7, 11) is 0. The van der Waals surface area contributed by atoms with E-state index in [1.165, 1.54) is 16.3 Å². The molecule has 0 unspecified atom stereocenters. The Balaban J connectivity index is 1.58. The highest BCUT2D eigenvalue weighted by Crippen LogP contribution is 2.35. The number of halogens is 1. The van der Waals surface area contributed by atoms with Gasteiger partial charge >= 0.3 is 0 Å². The van der Waals surface area contributed by atoms with E-state index in [4.69, 9.17) is 11.6 Å². The molecule has 6 aromatic rings. The second kappa shape index (κ2) is 7.63. The van der Waals surface area contributed by atoms with Crippen LogP contribution in [0.15, 0.2) is 109 Å². The van der Waals surface area contributed by atoms with E-state index in [2.05, 4.69) is 81.3 Å². The van der Waals surface area contributed by atoms with Gasteiger partial charge in [-0.2, -0.15) is 0 Å². The number of aromatic nitrogens is 3. The quantitative estimate of drug-likeness (QED) is 0.270. The normalized spacial score (nSPS) is 11.3. The molecular weight excluding hydrogens is 414 g/mol. The number of benzene rings is 4. The van der Waals surface area contributed by atoms with E-state index in [1.807, 2.05) is 42.5 Å². The van der Waals surface area contributed by atoms with Crippen molar-refractivity contribution in [2.75, 3.05) is 0 Å². The van der Waals surface area contributed by atoms with Gasteiger partial charge in [-0.1, -0.05) is 72.8 Å². The summed E-state index contributed by atoms with van der Waals surface area (Å²) in [6.45, 7) is 0. The summed E-state index contributed by atoms with van der Waals surface area (Å²) < 4.78 is 2.30. The molecule has 0 aliphatic heterocycles. The van der Waals surface area contributed by atoms with Crippen LogP contribution in [-0.4, -0.2) is 14.5 Å². The maximum atomic E-state index is 6.32. The number of hydrogen-bond donors (Lipinski definition) is 0. The number of fused-ring (bicyclic) bond motifs is 3. The predicted molar refractivity (Wildman–Crippen MR) is 132 cm³/mol. The van der Waals surface area contributed by atoms with Crippen LogP contribution in [-0.2, 0) is 0 Å². The van der Waals surface area contributed by atoms with Crippen molar-refractivity contribution in [1.29, 1.82) is 0 Å². The van der Waals surface area contributed by atoms with Crippen LogP contribution in [0.5, 0.6) is 0 Å². The molecule has 0 saturated heterocycles. The number of rotatable bonds is 3. The van der Waals surface area contributed by atoms with E-state index >= 15 is 0 Å². The summed E-state index contributed by atoms with van der Waals surface area (Å²) in [5, 5.41) is 2.63. The molecule has 2 aromatic heterocycles. The second-order valence-electron chi connectivity index (χ2n) is 7.69. The molecule has 0 aliphatic carbocycles. The van der Waals surface area contributed by atoms with Crippen molar-refractivity contribution in [2.24, 2.45) is 0 Å². The van der Waals surface area contributed by atoms with Gasteiger partial charge in [-0.25, -0.2) is 9.97 Å². The van der Waals surface area contributed by atoms with Crippen molar-refractivity contribution < 1.29 is 0 Å². The highest BCUT2D eigenvalue weighted by molar-refractivity contribution is 6.28. The van der Waals surface area contributed by atoms with Gasteiger partial charge in [0.15, 0.2) is 0 Å². The summed E-state index contributed by atoms with van der Waals surface area (Å²) in [6.07, 6.45) is 0. The molecule has 6 rings (SSSR count). The van der Waals surface area contributed by atoms with Gasteiger partial charge in [0.2, 0.25) is 5.28 Å². The van der Waals surface area contributed by atoms with Gasteiger partial charge in [0.05, 0.1) is 22.4 Å². The van der Waals surface area contributed by atoms with Crippen molar-refractivity contribution in [3.63, 3.8) is 0 Å². The Morgan fingerprint density at radius 3 is 1.94 bits per heavy atom. The third-order valence-corrected chi connectivity index (χ3v) is 5.92. The Labute approximate surface area is 190 Å². The predicted octanol–water partition coefficient (Wildman–Crippen LogP) is 7.56. The summed E-state index contributed by atoms with van der Waals surface area (Å²) in [4.78, 5) is 8.96. The molecular formula is C28H18ClN3. The van der Waals surface area contributed by atoms with Crippen LogP contribution in [0.25, 0.3) is 50.0 Å². The van der Waals surface area contributed by atoms with E-state index in [9.17, 15) is 0 Å². The topological polar surface area (TPSA) is 30.7 Å². The average molecular weight is 432 g/mol. The Morgan fingerprint density at radius 2 is 1.16 bits per heavy atom. The third kappa shape index (κ3) is 3.15. The lowest BCUT2D eigenvalue weighted by molar-refractivity contribution is 1.17. The lowest BCUT2D eigenvalue weighted by atomic mass is 10.0. The molecule has 4 aromatic carbocycles. The fraction of sp³-hybridized carbons (Fsp3) is 0. The average Bonchev–Trinajstić information content (AvgIpc) is 3.18. The van der Waals surface area contributed by atoms with Gasteiger partial charge in [-0.15, -0.1) is 0 Å². The molecule has 3 nitrogen and oxygen atoms in total. The molecule has 0 saturated carbocycles. The van der Waals surface area contributed by atoms with E-state index in [-0.39, 0.29) is 5.28 Å². The molecule has 0 aliphatic rings. The van der Waals surface area contributed by atoms with Gasteiger partial charge in [-0.3, -0.25) is 0 Å². The van der Waals surface area contributed by atoms with E-state index in [1.54, 1.807) is 0 Å². The second-order valence-corrected chi connectivity index (χ2v) is 8.03. The minimum atomic E-state index is 0.244. The lowest BCUT2D eigenvalue weighted by Crippen LogP contribution is -1.94. The van der Waals surface area contributed by atoms with Crippen LogP contribution in [0.3, 0.4) is 0 Å². The Kier molecular flexibility index (Phi) is 4.48. The van der Waals surface area contributed by atoms with Crippen molar-refractivity contribution in [3.8, 4) is 28.2 Å². The Bertz CT molecular complexity index is 1570. The van der Waals surface area contributed by atoms with Crippen molar-refractivity contribution in [3.05, 3.63) is 114 Å². The van der Waals surface area contributed by atoms with Crippen LogP contribution in [0, 0.1) is 0 Å². The molecule has 0 radical (unpaired) electrons. The number of para-hydroxylation sites is 2. The third-order valence-electron chi connectivity index (χ3n) is 5.75. The summed E-state index contributed by atoms with van der Waals surface area (Å²) in [5.41, 5.74) is 7.12. The smallest absolute Gasteiger partial charge is 0.223 e. The summed E-state index contributed by atoms with van der Waals surface area (Å²) in [5.74, 6) is 0. The van der Waals surface area contributed by atoms with Gasteiger partial charge in [-0.05, 0) is 48.0 Å². The zero-order valence-corrected chi connectivity index (χ0v) is 17.9.